The molecule has 0 aliphatic heterocycles. The van der Waals surface area contributed by atoms with E-state index >= 15 is 0 Å². The van der Waals surface area contributed by atoms with E-state index in [0.717, 1.165) is 0 Å². The third-order valence-electron chi connectivity index (χ3n) is 5.91. The SMILES string of the molecule is CCC(C)C(NC(=O)C(CC(=O)O)NC(=O)C(NC(=O)C(N)Cc1cnc[nH]1)C(C)CC)C(=O)O. The molecule has 6 atom stereocenters. The summed E-state index contributed by atoms with van der Waals surface area (Å²) in [5.41, 5.74) is 6.58. The Morgan fingerprint density at radius 3 is 2.00 bits per heavy atom. The number of aromatic amines is 1. The molecule has 35 heavy (non-hydrogen) atoms. The molecule has 6 unspecified atom stereocenters. The summed E-state index contributed by atoms with van der Waals surface area (Å²) in [5, 5.41) is 25.9. The molecule has 13 heteroatoms. The van der Waals surface area contributed by atoms with Crippen molar-refractivity contribution in [3.63, 3.8) is 0 Å². The number of nitrogens with one attached hydrogen (secondary N) is 4. The van der Waals surface area contributed by atoms with Crippen LogP contribution in [0.25, 0.3) is 0 Å². The number of hydrogen-bond donors (Lipinski definition) is 7. The second kappa shape index (κ2) is 14.0. The summed E-state index contributed by atoms with van der Waals surface area (Å²) >= 11 is 0. The van der Waals surface area contributed by atoms with Gasteiger partial charge in [-0.3, -0.25) is 19.2 Å². The van der Waals surface area contributed by atoms with Gasteiger partial charge >= 0.3 is 11.9 Å². The van der Waals surface area contributed by atoms with Gasteiger partial charge in [0.2, 0.25) is 17.7 Å². The zero-order valence-corrected chi connectivity index (χ0v) is 20.4. The van der Waals surface area contributed by atoms with Gasteiger partial charge in [-0.1, -0.05) is 40.5 Å². The van der Waals surface area contributed by atoms with Gasteiger partial charge in [-0.2, -0.15) is 0 Å². The molecule has 0 spiro atoms. The van der Waals surface area contributed by atoms with Gasteiger partial charge in [0.1, 0.15) is 18.1 Å². The largest absolute Gasteiger partial charge is 0.481 e. The number of carboxylic acids is 2. The third-order valence-corrected chi connectivity index (χ3v) is 5.91. The number of rotatable bonds is 15. The second-order valence-electron chi connectivity index (χ2n) is 8.63. The number of H-pyrrole nitrogens is 1. The van der Waals surface area contributed by atoms with E-state index in [-0.39, 0.29) is 12.3 Å². The minimum Gasteiger partial charge on any atom is -0.481 e. The topological polar surface area (TPSA) is 217 Å². The molecule has 3 amide bonds. The molecule has 8 N–H and O–H groups in total. The van der Waals surface area contributed by atoms with Crippen LogP contribution in [0.15, 0.2) is 12.5 Å². The molecule has 1 aromatic heterocycles. The van der Waals surface area contributed by atoms with E-state index in [9.17, 15) is 34.2 Å². The molecule has 0 saturated heterocycles. The van der Waals surface area contributed by atoms with E-state index in [4.69, 9.17) is 5.73 Å². The summed E-state index contributed by atoms with van der Waals surface area (Å²) < 4.78 is 0. The van der Waals surface area contributed by atoms with Crippen LogP contribution in [0.3, 0.4) is 0 Å². The van der Waals surface area contributed by atoms with Gasteiger partial charge < -0.3 is 36.9 Å². The number of nitrogens with two attached hydrogens (primary N) is 1. The lowest BCUT2D eigenvalue weighted by atomic mass is 9.96. The molecule has 1 aromatic rings. The first-order valence-electron chi connectivity index (χ1n) is 11.5. The fourth-order valence-electron chi connectivity index (χ4n) is 3.27. The van der Waals surface area contributed by atoms with E-state index in [2.05, 4.69) is 25.9 Å². The molecular formula is C22H36N6O7. The summed E-state index contributed by atoms with van der Waals surface area (Å²) in [6.07, 6.45) is 3.28. The van der Waals surface area contributed by atoms with E-state index < -0.39 is 66.2 Å². The van der Waals surface area contributed by atoms with Crippen molar-refractivity contribution in [2.24, 2.45) is 17.6 Å². The zero-order valence-electron chi connectivity index (χ0n) is 20.4. The molecule has 0 bridgehead atoms. The van der Waals surface area contributed by atoms with Gasteiger partial charge in [-0.05, 0) is 11.8 Å². The van der Waals surface area contributed by atoms with Crippen molar-refractivity contribution in [2.45, 2.75) is 77.5 Å². The quantitative estimate of drug-likeness (QED) is 0.164. The number of aromatic nitrogens is 2. The minimum absolute atomic E-state index is 0.150. The number of amides is 3. The van der Waals surface area contributed by atoms with Crippen LogP contribution in [0.2, 0.25) is 0 Å². The van der Waals surface area contributed by atoms with Gasteiger partial charge in [-0.15, -0.1) is 0 Å². The summed E-state index contributed by atoms with van der Waals surface area (Å²) in [6, 6.07) is -4.90. The van der Waals surface area contributed by atoms with Crippen LogP contribution in [0, 0.1) is 11.8 Å². The van der Waals surface area contributed by atoms with Crippen molar-refractivity contribution in [1.82, 2.24) is 25.9 Å². The van der Waals surface area contributed by atoms with Gasteiger partial charge in [-0.25, -0.2) is 9.78 Å². The molecule has 13 nitrogen and oxygen atoms in total. The predicted molar refractivity (Wildman–Crippen MR) is 125 cm³/mol. The molecule has 0 aliphatic carbocycles. The maximum absolute atomic E-state index is 13.1. The van der Waals surface area contributed by atoms with Crippen LogP contribution in [0.4, 0.5) is 0 Å². The summed E-state index contributed by atoms with van der Waals surface area (Å²) in [4.78, 5) is 68.0. The van der Waals surface area contributed by atoms with E-state index in [1.54, 1.807) is 27.7 Å². The van der Waals surface area contributed by atoms with Crippen LogP contribution in [0.1, 0.15) is 52.7 Å². The molecular weight excluding hydrogens is 460 g/mol. The highest BCUT2D eigenvalue weighted by Crippen LogP contribution is 2.11. The Morgan fingerprint density at radius 1 is 0.943 bits per heavy atom. The van der Waals surface area contributed by atoms with E-state index in [0.29, 0.717) is 18.5 Å². The standard InChI is InChI=1S/C22H36N6O7/c1-5-11(3)17(27-19(31)14(23)7-13-9-24-10-25-13)21(33)26-15(8-16(29)30)20(32)28-18(22(34)35)12(4)6-2/h9-12,14-15,17-18H,5-8,23H2,1-4H3,(H,24,25)(H,26,33)(H,27,31)(H,28,32)(H,29,30)(H,34,35). The average molecular weight is 497 g/mol. The monoisotopic (exact) mass is 496 g/mol. The number of carbonyl (C=O) groups excluding carboxylic acids is 3. The summed E-state index contributed by atoms with van der Waals surface area (Å²) in [7, 11) is 0. The Bertz CT molecular complexity index is 876. The van der Waals surface area contributed by atoms with E-state index in [1.807, 2.05) is 0 Å². The van der Waals surface area contributed by atoms with Crippen LogP contribution in [-0.4, -0.2) is 74.0 Å². The number of carboxylic acid groups (broad SMARTS) is 2. The number of hydrogen-bond acceptors (Lipinski definition) is 7. The van der Waals surface area contributed by atoms with E-state index in [1.165, 1.54) is 12.5 Å². The molecule has 0 radical (unpaired) electrons. The molecule has 0 saturated carbocycles. The first-order chi connectivity index (χ1) is 16.4. The van der Waals surface area contributed by atoms with Crippen LogP contribution in [-0.2, 0) is 30.4 Å². The zero-order chi connectivity index (χ0) is 26.7. The number of carbonyl (C=O) groups is 5. The van der Waals surface area contributed by atoms with Crippen LogP contribution < -0.4 is 21.7 Å². The van der Waals surface area contributed by atoms with Crippen LogP contribution in [0.5, 0.6) is 0 Å². The number of aliphatic carboxylic acids is 2. The normalized spacial score (nSPS) is 16.1. The Hall–Kier alpha value is -3.48. The highest BCUT2D eigenvalue weighted by molar-refractivity contribution is 5.95. The van der Waals surface area contributed by atoms with Gasteiger partial charge in [0.05, 0.1) is 18.8 Å². The highest BCUT2D eigenvalue weighted by atomic mass is 16.4. The van der Waals surface area contributed by atoms with Crippen molar-refractivity contribution in [3.8, 4) is 0 Å². The molecule has 1 rings (SSSR count). The Morgan fingerprint density at radius 2 is 1.51 bits per heavy atom. The van der Waals surface area contributed by atoms with Crippen LogP contribution >= 0.6 is 0 Å². The van der Waals surface area contributed by atoms with Crippen molar-refractivity contribution < 1.29 is 34.2 Å². The van der Waals surface area contributed by atoms with Crippen molar-refractivity contribution in [3.05, 3.63) is 18.2 Å². The lowest BCUT2D eigenvalue weighted by Crippen LogP contribution is -2.59. The first kappa shape index (κ1) is 29.6. The third kappa shape index (κ3) is 9.35. The summed E-state index contributed by atoms with van der Waals surface area (Å²) in [6.45, 7) is 6.89. The molecule has 0 fully saturated rings. The van der Waals surface area contributed by atoms with Crippen molar-refractivity contribution in [1.29, 1.82) is 0 Å². The molecule has 1 heterocycles. The summed E-state index contributed by atoms with van der Waals surface area (Å²) in [5.74, 6) is -5.78. The van der Waals surface area contributed by atoms with Gasteiger partial charge in [0.25, 0.3) is 0 Å². The minimum atomic E-state index is -1.55. The Kier molecular flexibility index (Phi) is 11.9. The molecule has 196 valence electrons. The predicted octanol–water partition coefficient (Wildman–Crippen LogP) is -0.615. The molecule has 0 aromatic carbocycles. The fourth-order valence-corrected chi connectivity index (χ4v) is 3.27. The van der Waals surface area contributed by atoms with Crippen molar-refractivity contribution in [2.75, 3.05) is 0 Å². The second-order valence-corrected chi connectivity index (χ2v) is 8.63. The lowest BCUT2D eigenvalue weighted by molar-refractivity contribution is -0.144. The molecule has 0 aliphatic rings. The average Bonchev–Trinajstić information content (AvgIpc) is 3.31. The van der Waals surface area contributed by atoms with Gasteiger partial charge in [0.15, 0.2) is 0 Å². The Balaban J connectivity index is 3.00. The first-order valence-corrected chi connectivity index (χ1v) is 11.5. The maximum Gasteiger partial charge on any atom is 0.326 e. The smallest absolute Gasteiger partial charge is 0.326 e. The number of nitrogens with zero attached hydrogens (tertiary/aromatic N) is 1. The Labute approximate surface area is 203 Å². The van der Waals surface area contributed by atoms with Crippen molar-refractivity contribution >= 4 is 29.7 Å². The number of imidazole rings is 1. The van der Waals surface area contributed by atoms with Gasteiger partial charge in [0, 0.05) is 18.3 Å². The highest BCUT2D eigenvalue weighted by Gasteiger charge is 2.34. The lowest BCUT2D eigenvalue weighted by Gasteiger charge is -2.28. The maximum atomic E-state index is 13.1. The fraction of sp³-hybridized carbons (Fsp3) is 0.636.